The molecule has 5 nitrogen and oxygen atoms in total. The molecular weight excluding hydrogens is 298 g/mol. The first-order chi connectivity index (χ1) is 9.58. The number of likely N-dealkylation sites (N-methyl/N-ethyl adjacent to an activating group) is 1. The molecule has 0 bridgehead atoms. The third-order valence-corrected chi connectivity index (χ3v) is 4.40. The van der Waals surface area contributed by atoms with Gasteiger partial charge in [0, 0.05) is 24.5 Å². The smallest absolute Gasteiger partial charge is 0.237 e. The number of nitrogens with zero attached hydrogens (tertiary/aromatic N) is 2. The van der Waals surface area contributed by atoms with Gasteiger partial charge in [-0.05, 0) is 19.1 Å². The highest BCUT2D eigenvalue weighted by Gasteiger charge is 2.21. The van der Waals surface area contributed by atoms with Gasteiger partial charge in [0.1, 0.15) is 0 Å². The van der Waals surface area contributed by atoms with Crippen molar-refractivity contribution in [2.45, 2.75) is 13.5 Å². The van der Waals surface area contributed by atoms with Gasteiger partial charge in [-0.2, -0.15) is 0 Å². The van der Waals surface area contributed by atoms with Gasteiger partial charge >= 0.3 is 0 Å². The van der Waals surface area contributed by atoms with E-state index in [0.717, 1.165) is 15.8 Å². The van der Waals surface area contributed by atoms with Crippen LogP contribution in [0.3, 0.4) is 0 Å². The van der Waals surface area contributed by atoms with Crippen molar-refractivity contribution in [3.63, 3.8) is 0 Å². The number of rotatable bonds is 5. The summed E-state index contributed by atoms with van der Waals surface area (Å²) in [6.07, 6.45) is 0. The van der Waals surface area contributed by atoms with Gasteiger partial charge in [-0.25, -0.2) is 0 Å². The Bertz CT molecular complexity index is 492. The first-order valence-corrected chi connectivity index (χ1v) is 7.79. The minimum absolute atomic E-state index is 0.0165. The lowest BCUT2D eigenvalue weighted by Crippen LogP contribution is -2.51. The van der Waals surface area contributed by atoms with Gasteiger partial charge in [0.15, 0.2) is 0 Å². The van der Waals surface area contributed by atoms with Crippen LogP contribution in [0.15, 0.2) is 12.1 Å². The van der Waals surface area contributed by atoms with E-state index in [9.17, 15) is 9.59 Å². The van der Waals surface area contributed by atoms with E-state index in [0.29, 0.717) is 32.7 Å². The zero-order valence-corrected chi connectivity index (χ0v) is 13.0. The number of halogens is 1. The van der Waals surface area contributed by atoms with Crippen LogP contribution in [0.1, 0.15) is 11.8 Å². The van der Waals surface area contributed by atoms with Gasteiger partial charge in [-0.15, -0.1) is 11.3 Å². The third kappa shape index (κ3) is 4.19. The van der Waals surface area contributed by atoms with Crippen molar-refractivity contribution in [3.8, 4) is 0 Å². The van der Waals surface area contributed by atoms with E-state index in [1.54, 1.807) is 4.90 Å². The van der Waals surface area contributed by atoms with E-state index in [1.807, 2.05) is 24.0 Å². The molecule has 1 aromatic rings. The highest BCUT2D eigenvalue weighted by Crippen LogP contribution is 2.22. The van der Waals surface area contributed by atoms with Crippen LogP contribution in [-0.4, -0.2) is 54.3 Å². The molecule has 1 saturated heterocycles. The largest absolute Gasteiger partial charge is 0.354 e. The summed E-state index contributed by atoms with van der Waals surface area (Å²) in [5.41, 5.74) is 0. The molecule has 110 valence electrons. The van der Waals surface area contributed by atoms with Crippen LogP contribution in [0.25, 0.3) is 0 Å². The van der Waals surface area contributed by atoms with Crippen LogP contribution in [0.5, 0.6) is 0 Å². The zero-order valence-electron chi connectivity index (χ0n) is 11.4. The Morgan fingerprint density at radius 1 is 1.55 bits per heavy atom. The molecule has 0 aromatic carbocycles. The first-order valence-electron chi connectivity index (χ1n) is 6.59. The minimum Gasteiger partial charge on any atom is -0.354 e. The molecule has 1 N–H and O–H groups in total. The Morgan fingerprint density at radius 3 is 2.95 bits per heavy atom. The summed E-state index contributed by atoms with van der Waals surface area (Å²) in [7, 11) is 0. The van der Waals surface area contributed by atoms with Crippen molar-refractivity contribution in [2.75, 3.05) is 32.7 Å². The van der Waals surface area contributed by atoms with E-state index in [4.69, 9.17) is 11.6 Å². The molecule has 2 amide bonds. The lowest BCUT2D eigenvalue weighted by molar-refractivity contribution is -0.134. The fourth-order valence-electron chi connectivity index (χ4n) is 2.12. The van der Waals surface area contributed by atoms with E-state index in [1.165, 1.54) is 11.3 Å². The van der Waals surface area contributed by atoms with E-state index < -0.39 is 0 Å². The van der Waals surface area contributed by atoms with Crippen LogP contribution >= 0.6 is 22.9 Å². The normalized spacial score (nSPS) is 16.0. The number of amides is 2. The molecular formula is C13H18ClN3O2S. The number of carbonyl (C=O) groups is 2. The second kappa shape index (κ2) is 7.06. The lowest BCUT2D eigenvalue weighted by Gasteiger charge is -2.28. The van der Waals surface area contributed by atoms with Crippen LogP contribution < -0.4 is 5.32 Å². The van der Waals surface area contributed by atoms with Gasteiger partial charge in [0.25, 0.3) is 0 Å². The lowest BCUT2D eigenvalue weighted by atomic mass is 10.3. The number of hydrogen-bond acceptors (Lipinski definition) is 4. The average Bonchev–Trinajstić information content (AvgIpc) is 2.81. The van der Waals surface area contributed by atoms with Crippen LogP contribution in [-0.2, 0) is 16.1 Å². The van der Waals surface area contributed by atoms with Crippen molar-refractivity contribution in [2.24, 2.45) is 0 Å². The Morgan fingerprint density at radius 2 is 2.35 bits per heavy atom. The molecule has 1 aliphatic rings. The molecule has 20 heavy (non-hydrogen) atoms. The summed E-state index contributed by atoms with van der Waals surface area (Å²) in [6.45, 7) is 5.10. The van der Waals surface area contributed by atoms with Gasteiger partial charge in [-0.1, -0.05) is 11.6 Å². The number of carbonyl (C=O) groups excluding carboxylic acids is 2. The van der Waals surface area contributed by atoms with Gasteiger partial charge in [-0.3, -0.25) is 14.5 Å². The highest BCUT2D eigenvalue weighted by atomic mass is 35.5. The summed E-state index contributed by atoms with van der Waals surface area (Å²) in [5, 5.41) is 2.75. The van der Waals surface area contributed by atoms with Crippen LogP contribution in [0, 0.1) is 0 Å². The molecule has 1 aliphatic heterocycles. The van der Waals surface area contributed by atoms with Crippen molar-refractivity contribution >= 4 is 34.8 Å². The van der Waals surface area contributed by atoms with E-state index in [2.05, 4.69) is 5.32 Å². The number of piperazine rings is 1. The molecule has 1 fully saturated rings. The van der Waals surface area contributed by atoms with Gasteiger partial charge < -0.3 is 10.2 Å². The topological polar surface area (TPSA) is 52.7 Å². The summed E-state index contributed by atoms with van der Waals surface area (Å²) >= 11 is 7.39. The molecule has 0 unspecified atom stereocenters. The van der Waals surface area contributed by atoms with E-state index in [-0.39, 0.29) is 11.8 Å². The fraction of sp³-hybridized carbons (Fsp3) is 0.538. The van der Waals surface area contributed by atoms with Crippen LogP contribution in [0.2, 0.25) is 4.34 Å². The molecule has 0 radical (unpaired) electrons. The van der Waals surface area contributed by atoms with Crippen LogP contribution in [0.4, 0.5) is 0 Å². The maximum Gasteiger partial charge on any atom is 0.237 e. The highest BCUT2D eigenvalue weighted by molar-refractivity contribution is 7.16. The minimum atomic E-state index is -0.0165. The molecule has 7 heteroatoms. The molecule has 0 aliphatic carbocycles. The van der Waals surface area contributed by atoms with Crippen molar-refractivity contribution in [1.29, 1.82) is 0 Å². The molecule has 2 heterocycles. The number of thiophene rings is 1. The SMILES string of the molecule is CCN(Cc1ccc(Cl)s1)C(=O)CN1CCNC(=O)C1. The summed E-state index contributed by atoms with van der Waals surface area (Å²) in [4.78, 5) is 28.3. The molecule has 0 saturated carbocycles. The Kier molecular flexibility index (Phi) is 5.39. The predicted octanol–water partition coefficient (Wildman–Crippen LogP) is 1.18. The molecule has 0 spiro atoms. The second-order valence-corrected chi connectivity index (χ2v) is 6.47. The second-order valence-electron chi connectivity index (χ2n) is 4.67. The molecule has 1 aromatic heterocycles. The molecule has 0 atom stereocenters. The summed E-state index contributed by atoms with van der Waals surface area (Å²) in [5.74, 6) is 0.0314. The zero-order chi connectivity index (χ0) is 14.5. The van der Waals surface area contributed by atoms with Gasteiger partial charge in [0.05, 0.1) is 24.0 Å². The Balaban J connectivity index is 1.89. The number of hydrogen-bond donors (Lipinski definition) is 1. The van der Waals surface area contributed by atoms with Gasteiger partial charge in [0.2, 0.25) is 11.8 Å². The first kappa shape index (κ1) is 15.3. The number of nitrogens with one attached hydrogen (secondary N) is 1. The predicted molar refractivity (Wildman–Crippen MR) is 79.9 cm³/mol. The maximum atomic E-state index is 12.3. The fourth-order valence-corrected chi connectivity index (χ4v) is 3.22. The third-order valence-electron chi connectivity index (χ3n) is 3.19. The Hall–Kier alpha value is -1.11. The van der Waals surface area contributed by atoms with Crippen molar-refractivity contribution in [1.82, 2.24) is 15.1 Å². The quantitative estimate of drug-likeness (QED) is 0.888. The van der Waals surface area contributed by atoms with E-state index >= 15 is 0 Å². The maximum absolute atomic E-state index is 12.3. The Labute approximate surface area is 127 Å². The van der Waals surface area contributed by atoms with Crippen molar-refractivity contribution in [3.05, 3.63) is 21.3 Å². The van der Waals surface area contributed by atoms with Crippen molar-refractivity contribution < 1.29 is 9.59 Å². The standard InChI is InChI=1S/C13H18ClN3O2S/c1-2-17(7-10-3-4-11(14)20-10)13(19)9-16-6-5-15-12(18)8-16/h3-4H,2,5-9H2,1H3,(H,15,18). The summed E-state index contributed by atoms with van der Waals surface area (Å²) in [6, 6.07) is 3.78. The average molecular weight is 316 g/mol. The molecule has 2 rings (SSSR count). The monoisotopic (exact) mass is 315 g/mol. The summed E-state index contributed by atoms with van der Waals surface area (Å²) < 4.78 is 0.733.